The van der Waals surface area contributed by atoms with Crippen LogP contribution in [0.5, 0.6) is 5.75 Å². The first kappa shape index (κ1) is 24.9. The predicted octanol–water partition coefficient (Wildman–Crippen LogP) is 5.73. The average molecular weight is 493 g/mol. The van der Waals surface area contributed by atoms with Crippen molar-refractivity contribution < 1.29 is 14.3 Å². The SMILES string of the molecule is CCSc1nc2n(n1)C(c1ccc(OCc3ccc(C(C)(C)C)cc3)cc1)C(C(=O)OC)=C(C)N2. The van der Waals surface area contributed by atoms with E-state index in [1.54, 1.807) is 16.4 Å². The molecule has 4 rings (SSSR count). The van der Waals surface area contributed by atoms with Gasteiger partial charge in [-0.05, 0) is 46.9 Å². The van der Waals surface area contributed by atoms with Crippen LogP contribution in [0.2, 0.25) is 0 Å². The molecule has 184 valence electrons. The summed E-state index contributed by atoms with van der Waals surface area (Å²) in [6, 6.07) is 15.8. The fourth-order valence-corrected chi connectivity index (χ4v) is 4.57. The van der Waals surface area contributed by atoms with E-state index in [4.69, 9.17) is 9.47 Å². The Morgan fingerprint density at radius 1 is 1.11 bits per heavy atom. The summed E-state index contributed by atoms with van der Waals surface area (Å²) in [4.78, 5) is 17.3. The number of ether oxygens (including phenoxy) is 2. The number of methoxy groups -OCH3 is 1. The van der Waals surface area contributed by atoms with Gasteiger partial charge in [0.25, 0.3) is 0 Å². The van der Waals surface area contributed by atoms with Crippen molar-refractivity contribution in [1.29, 1.82) is 0 Å². The predicted molar refractivity (Wildman–Crippen MR) is 139 cm³/mol. The van der Waals surface area contributed by atoms with Gasteiger partial charge in [-0.15, -0.1) is 5.10 Å². The minimum atomic E-state index is -0.448. The van der Waals surface area contributed by atoms with Crippen LogP contribution in [0.15, 0.2) is 65.0 Å². The van der Waals surface area contributed by atoms with Crippen molar-refractivity contribution in [3.63, 3.8) is 0 Å². The van der Waals surface area contributed by atoms with Gasteiger partial charge in [0.2, 0.25) is 11.1 Å². The number of carbonyl (C=O) groups is 1. The summed E-state index contributed by atoms with van der Waals surface area (Å²) in [5, 5.41) is 8.52. The maximum absolute atomic E-state index is 12.7. The molecule has 8 heteroatoms. The van der Waals surface area contributed by atoms with Gasteiger partial charge in [0, 0.05) is 5.70 Å². The molecule has 0 bridgehead atoms. The first-order valence-electron chi connectivity index (χ1n) is 11.7. The molecular weight excluding hydrogens is 460 g/mol. The molecule has 0 fully saturated rings. The molecule has 0 saturated heterocycles. The molecule has 1 atom stereocenters. The first-order valence-corrected chi connectivity index (χ1v) is 12.7. The molecule has 0 spiro atoms. The Bertz CT molecular complexity index is 1220. The van der Waals surface area contributed by atoms with Gasteiger partial charge in [0.1, 0.15) is 18.4 Å². The summed E-state index contributed by atoms with van der Waals surface area (Å²) in [5.74, 6) is 1.82. The molecule has 0 amide bonds. The number of thioether (sulfide) groups is 1. The second-order valence-corrected chi connectivity index (χ2v) is 10.7. The molecule has 1 aliphatic heterocycles. The molecule has 2 aromatic carbocycles. The van der Waals surface area contributed by atoms with E-state index in [0.717, 1.165) is 22.6 Å². The van der Waals surface area contributed by atoms with Gasteiger partial charge in [0.15, 0.2) is 0 Å². The third-order valence-corrected chi connectivity index (χ3v) is 6.65. The lowest BCUT2D eigenvalue weighted by atomic mass is 9.87. The smallest absolute Gasteiger partial charge is 0.338 e. The van der Waals surface area contributed by atoms with E-state index in [0.29, 0.717) is 29.0 Å². The maximum atomic E-state index is 12.7. The highest BCUT2D eigenvalue weighted by Gasteiger charge is 2.35. The molecule has 0 saturated carbocycles. The Labute approximate surface area is 210 Å². The minimum absolute atomic E-state index is 0.125. The van der Waals surface area contributed by atoms with Crippen molar-refractivity contribution >= 4 is 23.7 Å². The van der Waals surface area contributed by atoms with Gasteiger partial charge in [-0.2, -0.15) is 4.98 Å². The normalized spacial score (nSPS) is 15.4. The number of anilines is 1. The van der Waals surface area contributed by atoms with Crippen molar-refractivity contribution in [2.45, 2.75) is 57.8 Å². The highest BCUT2D eigenvalue weighted by molar-refractivity contribution is 7.99. The fourth-order valence-electron chi connectivity index (χ4n) is 4.02. The number of hydrogen-bond donors (Lipinski definition) is 1. The maximum Gasteiger partial charge on any atom is 0.338 e. The Hall–Kier alpha value is -3.26. The molecule has 1 aliphatic rings. The molecule has 0 aliphatic carbocycles. The van der Waals surface area contributed by atoms with Crippen LogP contribution in [0.4, 0.5) is 5.95 Å². The zero-order valence-electron chi connectivity index (χ0n) is 21.1. The Balaban J connectivity index is 1.56. The summed E-state index contributed by atoms with van der Waals surface area (Å²) in [6.07, 6.45) is 0. The van der Waals surface area contributed by atoms with E-state index in [1.165, 1.54) is 12.7 Å². The third-order valence-electron chi connectivity index (χ3n) is 5.93. The van der Waals surface area contributed by atoms with Crippen LogP contribution in [-0.4, -0.2) is 33.6 Å². The van der Waals surface area contributed by atoms with Gasteiger partial charge in [-0.3, -0.25) is 0 Å². The Kier molecular flexibility index (Phi) is 7.21. The van der Waals surface area contributed by atoms with Crippen molar-refractivity contribution in [2.75, 3.05) is 18.2 Å². The first-order chi connectivity index (χ1) is 16.7. The minimum Gasteiger partial charge on any atom is -0.489 e. The second-order valence-electron chi connectivity index (χ2n) is 9.46. The van der Waals surface area contributed by atoms with Gasteiger partial charge >= 0.3 is 5.97 Å². The lowest BCUT2D eigenvalue weighted by Gasteiger charge is -2.27. The number of carbonyl (C=O) groups excluding carboxylic acids is 1. The average Bonchev–Trinajstić information content (AvgIpc) is 3.23. The lowest BCUT2D eigenvalue weighted by Crippen LogP contribution is -2.29. The summed E-state index contributed by atoms with van der Waals surface area (Å²) >= 11 is 1.55. The molecule has 0 radical (unpaired) electrons. The Morgan fingerprint density at radius 2 is 1.80 bits per heavy atom. The number of nitrogens with one attached hydrogen (secondary N) is 1. The van der Waals surface area contributed by atoms with Crippen LogP contribution < -0.4 is 10.1 Å². The standard InChI is InChI=1S/C27H32N4O3S/c1-7-35-26-29-25-28-17(2)22(24(32)33-6)23(31(25)30-26)19-10-14-21(15-11-19)34-16-18-8-12-20(13-9-18)27(3,4)5/h8-15,23H,7,16H2,1-6H3,(H,28,29,30). The molecule has 1 unspecified atom stereocenters. The summed E-state index contributed by atoms with van der Waals surface area (Å²) < 4.78 is 12.9. The number of esters is 1. The van der Waals surface area contributed by atoms with Crippen LogP contribution in [0.25, 0.3) is 0 Å². The fraction of sp³-hybridized carbons (Fsp3) is 0.370. The van der Waals surface area contributed by atoms with Gasteiger partial charge < -0.3 is 14.8 Å². The van der Waals surface area contributed by atoms with Crippen LogP contribution in [0, 0.1) is 0 Å². The largest absolute Gasteiger partial charge is 0.489 e. The summed E-state index contributed by atoms with van der Waals surface area (Å²) in [7, 11) is 1.39. The van der Waals surface area contributed by atoms with E-state index in [9.17, 15) is 4.79 Å². The number of allylic oxidation sites excluding steroid dienone is 1. The van der Waals surface area contributed by atoms with Crippen molar-refractivity contribution in [3.05, 3.63) is 76.5 Å². The Morgan fingerprint density at radius 3 is 2.40 bits per heavy atom. The molecule has 1 aromatic heterocycles. The number of benzene rings is 2. The zero-order chi connectivity index (χ0) is 25.2. The van der Waals surface area contributed by atoms with Crippen molar-refractivity contribution in [2.24, 2.45) is 0 Å². The molecule has 1 N–H and O–H groups in total. The quantitative estimate of drug-likeness (QED) is 0.333. The highest BCUT2D eigenvalue weighted by Crippen LogP contribution is 2.37. The highest BCUT2D eigenvalue weighted by atomic mass is 32.2. The number of fused-ring (bicyclic) bond motifs is 1. The van der Waals surface area contributed by atoms with Gasteiger partial charge in [-0.1, -0.05) is 75.9 Å². The van der Waals surface area contributed by atoms with Crippen molar-refractivity contribution in [3.8, 4) is 5.75 Å². The monoisotopic (exact) mass is 492 g/mol. The van der Waals surface area contributed by atoms with Crippen LogP contribution in [0.1, 0.15) is 57.4 Å². The third kappa shape index (κ3) is 5.37. The van der Waals surface area contributed by atoms with E-state index < -0.39 is 12.0 Å². The van der Waals surface area contributed by atoms with E-state index >= 15 is 0 Å². The van der Waals surface area contributed by atoms with Gasteiger partial charge in [0.05, 0.1) is 12.7 Å². The number of aromatic nitrogens is 3. The van der Waals surface area contributed by atoms with E-state index in [-0.39, 0.29) is 5.41 Å². The lowest BCUT2D eigenvalue weighted by molar-refractivity contribution is -0.136. The summed E-state index contributed by atoms with van der Waals surface area (Å²) in [6.45, 7) is 11.0. The van der Waals surface area contributed by atoms with E-state index in [2.05, 4.69) is 67.4 Å². The molecule has 2 heterocycles. The molecule has 7 nitrogen and oxygen atoms in total. The number of rotatable bonds is 7. The second kappa shape index (κ2) is 10.2. The van der Waals surface area contributed by atoms with Gasteiger partial charge in [-0.25, -0.2) is 9.48 Å². The molecule has 3 aromatic rings. The van der Waals surface area contributed by atoms with Crippen LogP contribution in [-0.2, 0) is 21.6 Å². The molecular formula is C27H32N4O3S. The zero-order valence-corrected chi connectivity index (χ0v) is 21.9. The van der Waals surface area contributed by atoms with Crippen LogP contribution in [0.3, 0.4) is 0 Å². The summed E-state index contributed by atoms with van der Waals surface area (Å²) in [5.41, 5.74) is 4.64. The topological polar surface area (TPSA) is 78.3 Å². The number of hydrogen-bond acceptors (Lipinski definition) is 7. The van der Waals surface area contributed by atoms with E-state index in [1.807, 2.05) is 31.2 Å². The number of nitrogens with zero attached hydrogens (tertiary/aromatic N) is 3. The van der Waals surface area contributed by atoms with Crippen LogP contribution >= 0.6 is 11.8 Å². The molecule has 35 heavy (non-hydrogen) atoms. The van der Waals surface area contributed by atoms with Crippen molar-refractivity contribution in [1.82, 2.24) is 14.8 Å².